The van der Waals surface area contributed by atoms with E-state index in [0.29, 0.717) is 5.75 Å². The van der Waals surface area contributed by atoms with Crippen LogP contribution in [0.2, 0.25) is 0 Å². The van der Waals surface area contributed by atoms with E-state index in [0.717, 1.165) is 71.8 Å². The van der Waals surface area contributed by atoms with Crippen LogP contribution >= 0.6 is 11.8 Å². The zero-order chi connectivity index (χ0) is 26.5. The summed E-state index contributed by atoms with van der Waals surface area (Å²) < 4.78 is 7.53. The molecular formula is C30H33N5O2S. The maximum Gasteiger partial charge on any atom is 0.253 e. The number of likely N-dealkylation sites (N-methyl/N-ethyl adjacent to an activating group) is 1. The first-order valence-electron chi connectivity index (χ1n) is 13.0. The van der Waals surface area contributed by atoms with Gasteiger partial charge in [0.05, 0.1) is 7.11 Å². The van der Waals surface area contributed by atoms with Crippen molar-refractivity contribution < 1.29 is 9.53 Å². The topological polar surface area (TPSA) is 63.5 Å². The summed E-state index contributed by atoms with van der Waals surface area (Å²) in [5.41, 5.74) is 4.99. The van der Waals surface area contributed by atoms with Crippen LogP contribution in [-0.2, 0) is 5.75 Å². The average molecular weight is 528 g/mol. The van der Waals surface area contributed by atoms with E-state index in [9.17, 15) is 4.79 Å². The van der Waals surface area contributed by atoms with E-state index in [1.807, 2.05) is 59.5 Å². The van der Waals surface area contributed by atoms with Gasteiger partial charge in [-0.25, -0.2) is 0 Å². The van der Waals surface area contributed by atoms with Crippen molar-refractivity contribution in [2.75, 3.05) is 39.8 Å². The van der Waals surface area contributed by atoms with Gasteiger partial charge in [-0.3, -0.25) is 9.36 Å². The highest BCUT2D eigenvalue weighted by Gasteiger charge is 2.21. The number of amides is 1. The SMILES string of the molecule is CCN1CCN(C(=O)c2ccc(CSc3nnc(-c4cccc(OC)c4)n3-c3cccc(C)c3)cc2)CC1. The maximum absolute atomic E-state index is 13.0. The van der Waals surface area contributed by atoms with E-state index in [1.54, 1.807) is 18.9 Å². The lowest BCUT2D eigenvalue weighted by Crippen LogP contribution is -2.48. The summed E-state index contributed by atoms with van der Waals surface area (Å²) in [6, 6.07) is 24.2. The predicted molar refractivity (Wildman–Crippen MR) is 152 cm³/mol. The minimum absolute atomic E-state index is 0.113. The van der Waals surface area contributed by atoms with E-state index >= 15 is 0 Å². The average Bonchev–Trinajstić information content (AvgIpc) is 3.40. The molecule has 4 aromatic rings. The predicted octanol–water partition coefficient (Wildman–Crippen LogP) is 5.32. The Kier molecular flexibility index (Phi) is 8.10. The van der Waals surface area contributed by atoms with Crippen molar-refractivity contribution in [2.24, 2.45) is 0 Å². The van der Waals surface area contributed by atoms with Gasteiger partial charge in [-0.15, -0.1) is 10.2 Å². The van der Waals surface area contributed by atoms with Crippen molar-refractivity contribution in [1.29, 1.82) is 0 Å². The van der Waals surface area contributed by atoms with E-state index in [2.05, 4.69) is 51.7 Å². The Morgan fingerprint density at radius 2 is 1.71 bits per heavy atom. The first-order valence-corrected chi connectivity index (χ1v) is 13.9. The quantitative estimate of drug-likeness (QED) is 0.289. The normalized spacial score (nSPS) is 14.0. The van der Waals surface area contributed by atoms with Gasteiger partial charge in [-0.05, 0) is 61.0 Å². The van der Waals surface area contributed by atoms with Crippen LogP contribution in [0.5, 0.6) is 5.75 Å². The van der Waals surface area contributed by atoms with Crippen molar-refractivity contribution >= 4 is 17.7 Å². The van der Waals surface area contributed by atoms with Gasteiger partial charge in [0.25, 0.3) is 5.91 Å². The second kappa shape index (κ2) is 11.8. The molecule has 2 heterocycles. The minimum atomic E-state index is 0.113. The molecule has 0 aliphatic carbocycles. The number of carbonyl (C=O) groups excluding carboxylic acids is 1. The monoisotopic (exact) mass is 527 g/mol. The summed E-state index contributed by atoms with van der Waals surface area (Å²) in [7, 11) is 1.66. The number of carbonyl (C=O) groups is 1. The maximum atomic E-state index is 13.0. The van der Waals surface area contributed by atoms with Crippen LogP contribution in [0.3, 0.4) is 0 Å². The smallest absolute Gasteiger partial charge is 0.253 e. The van der Waals surface area contributed by atoms with Crippen LogP contribution in [0.4, 0.5) is 0 Å². The first kappa shape index (κ1) is 26.0. The molecule has 1 aromatic heterocycles. The zero-order valence-electron chi connectivity index (χ0n) is 22.1. The Morgan fingerprint density at radius 1 is 0.947 bits per heavy atom. The van der Waals surface area contributed by atoms with E-state index in [4.69, 9.17) is 4.74 Å². The third-order valence-corrected chi connectivity index (χ3v) is 7.90. The standard InChI is InChI=1S/C30H33N5O2S/c1-4-33-15-17-34(18-16-33)29(36)24-13-11-23(12-14-24)21-38-30-32-31-28(25-8-6-10-27(20-25)37-3)35(30)26-9-5-7-22(2)19-26/h5-14,19-20H,4,15-18,21H2,1-3H3. The van der Waals surface area contributed by atoms with E-state index in [-0.39, 0.29) is 5.91 Å². The lowest BCUT2D eigenvalue weighted by atomic mass is 10.1. The van der Waals surface area contributed by atoms with Gasteiger partial charge >= 0.3 is 0 Å². The second-order valence-corrected chi connectivity index (χ2v) is 10.4. The lowest BCUT2D eigenvalue weighted by Gasteiger charge is -2.34. The molecule has 38 heavy (non-hydrogen) atoms. The molecule has 1 aliphatic heterocycles. The molecule has 0 bridgehead atoms. The number of piperazine rings is 1. The molecule has 5 rings (SSSR count). The molecule has 1 aliphatic rings. The number of aryl methyl sites for hydroxylation is 1. The number of ether oxygens (including phenoxy) is 1. The van der Waals surface area contributed by atoms with Crippen molar-refractivity contribution in [3.63, 3.8) is 0 Å². The van der Waals surface area contributed by atoms with Crippen molar-refractivity contribution in [1.82, 2.24) is 24.6 Å². The Balaban J connectivity index is 1.34. The molecule has 1 amide bonds. The molecule has 8 heteroatoms. The van der Waals surface area contributed by atoms with Crippen LogP contribution in [0.15, 0.2) is 78.0 Å². The summed E-state index contributed by atoms with van der Waals surface area (Å²) in [6.07, 6.45) is 0. The van der Waals surface area contributed by atoms with Gasteiger partial charge in [0.15, 0.2) is 11.0 Å². The molecule has 7 nitrogen and oxygen atoms in total. The van der Waals surface area contributed by atoms with Gasteiger partial charge in [0.2, 0.25) is 0 Å². The molecule has 0 unspecified atom stereocenters. The second-order valence-electron chi connectivity index (χ2n) is 9.42. The van der Waals surface area contributed by atoms with Crippen LogP contribution in [0.1, 0.15) is 28.4 Å². The van der Waals surface area contributed by atoms with Crippen LogP contribution < -0.4 is 4.74 Å². The van der Waals surface area contributed by atoms with Crippen LogP contribution in [0.25, 0.3) is 17.1 Å². The first-order chi connectivity index (χ1) is 18.6. The van der Waals surface area contributed by atoms with Gasteiger partial charge < -0.3 is 14.5 Å². The number of hydrogen-bond donors (Lipinski definition) is 0. The van der Waals surface area contributed by atoms with E-state index in [1.165, 1.54) is 5.56 Å². The van der Waals surface area contributed by atoms with Crippen LogP contribution in [0, 0.1) is 6.92 Å². The Hall–Kier alpha value is -3.62. The minimum Gasteiger partial charge on any atom is -0.497 e. The fourth-order valence-corrected chi connectivity index (χ4v) is 5.56. The molecule has 1 fully saturated rings. The molecule has 1 saturated heterocycles. The summed E-state index contributed by atoms with van der Waals surface area (Å²) in [5.74, 6) is 2.37. The highest BCUT2D eigenvalue weighted by Crippen LogP contribution is 2.31. The Bertz CT molecular complexity index is 1390. The number of thioether (sulfide) groups is 1. The van der Waals surface area contributed by atoms with Gasteiger partial charge in [-0.2, -0.15) is 0 Å². The largest absolute Gasteiger partial charge is 0.497 e. The number of hydrogen-bond acceptors (Lipinski definition) is 6. The van der Waals surface area contributed by atoms with Crippen molar-refractivity contribution in [3.8, 4) is 22.8 Å². The lowest BCUT2D eigenvalue weighted by molar-refractivity contribution is 0.0643. The zero-order valence-corrected chi connectivity index (χ0v) is 22.9. The van der Waals surface area contributed by atoms with Gasteiger partial charge in [-0.1, -0.05) is 55.1 Å². The number of rotatable bonds is 8. The molecule has 0 saturated carbocycles. The third kappa shape index (κ3) is 5.76. The van der Waals surface area contributed by atoms with Gasteiger partial charge in [0, 0.05) is 48.7 Å². The molecule has 3 aromatic carbocycles. The molecule has 0 N–H and O–H groups in total. The highest BCUT2D eigenvalue weighted by molar-refractivity contribution is 7.98. The number of nitrogens with zero attached hydrogens (tertiary/aromatic N) is 5. The van der Waals surface area contributed by atoms with E-state index < -0.39 is 0 Å². The van der Waals surface area contributed by atoms with Crippen molar-refractivity contribution in [2.45, 2.75) is 24.8 Å². The molecule has 196 valence electrons. The molecular weight excluding hydrogens is 494 g/mol. The molecule has 0 atom stereocenters. The molecule has 0 radical (unpaired) electrons. The number of benzene rings is 3. The Morgan fingerprint density at radius 3 is 2.42 bits per heavy atom. The fourth-order valence-electron chi connectivity index (χ4n) is 4.65. The van der Waals surface area contributed by atoms with Gasteiger partial charge in [0.1, 0.15) is 5.75 Å². The van der Waals surface area contributed by atoms with Crippen molar-refractivity contribution in [3.05, 3.63) is 89.5 Å². The number of methoxy groups -OCH3 is 1. The molecule has 0 spiro atoms. The highest BCUT2D eigenvalue weighted by atomic mass is 32.2. The summed E-state index contributed by atoms with van der Waals surface area (Å²) >= 11 is 1.63. The number of aromatic nitrogens is 3. The summed E-state index contributed by atoms with van der Waals surface area (Å²) in [5, 5.41) is 9.93. The summed E-state index contributed by atoms with van der Waals surface area (Å²) in [4.78, 5) is 17.3. The summed E-state index contributed by atoms with van der Waals surface area (Å²) in [6.45, 7) is 8.73. The Labute approximate surface area is 228 Å². The third-order valence-electron chi connectivity index (χ3n) is 6.90. The fraction of sp³-hybridized carbons (Fsp3) is 0.300. The van der Waals surface area contributed by atoms with Crippen LogP contribution in [-0.4, -0.2) is 70.3 Å².